The minimum absolute atomic E-state index is 0.118. The third kappa shape index (κ3) is 3.33. The molecule has 1 aromatic rings. The summed E-state index contributed by atoms with van der Waals surface area (Å²) >= 11 is 0. The third-order valence-corrected chi connectivity index (χ3v) is 4.90. The standard InChI is InChI=1S/C17H28N2O/c1-3-14-6-8-16(9-7-14)19(2)12-10-15-5-4-11-17(15,18)13-20/h6-9,15,20H,3-5,10-13,18H2,1-2H3. The maximum Gasteiger partial charge on any atom is 0.0613 e. The number of nitrogens with zero attached hydrogens (tertiary/aromatic N) is 1. The molecule has 0 aromatic heterocycles. The summed E-state index contributed by atoms with van der Waals surface area (Å²) in [5.41, 5.74) is 8.59. The van der Waals surface area contributed by atoms with Crippen molar-refractivity contribution in [1.82, 2.24) is 0 Å². The Bertz CT molecular complexity index is 418. The predicted molar refractivity (Wildman–Crippen MR) is 85.1 cm³/mol. The number of rotatable bonds is 6. The molecule has 0 aliphatic heterocycles. The van der Waals surface area contributed by atoms with Crippen molar-refractivity contribution in [3.05, 3.63) is 29.8 Å². The average Bonchev–Trinajstić information content (AvgIpc) is 2.86. The highest BCUT2D eigenvalue weighted by Crippen LogP contribution is 2.35. The molecule has 1 aromatic carbocycles. The van der Waals surface area contributed by atoms with Crippen LogP contribution in [0.25, 0.3) is 0 Å². The van der Waals surface area contributed by atoms with Crippen molar-refractivity contribution in [2.24, 2.45) is 11.7 Å². The van der Waals surface area contributed by atoms with E-state index in [1.54, 1.807) is 0 Å². The van der Waals surface area contributed by atoms with Crippen molar-refractivity contribution >= 4 is 5.69 Å². The summed E-state index contributed by atoms with van der Waals surface area (Å²) < 4.78 is 0. The molecule has 112 valence electrons. The minimum atomic E-state index is -0.340. The van der Waals surface area contributed by atoms with Crippen LogP contribution in [0.15, 0.2) is 24.3 Å². The van der Waals surface area contributed by atoms with Crippen molar-refractivity contribution in [3.63, 3.8) is 0 Å². The van der Waals surface area contributed by atoms with Crippen LogP contribution in [0, 0.1) is 5.92 Å². The number of aliphatic hydroxyl groups is 1. The van der Waals surface area contributed by atoms with Gasteiger partial charge in [-0.2, -0.15) is 0 Å². The number of anilines is 1. The van der Waals surface area contributed by atoms with Gasteiger partial charge in [0.25, 0.3) is 0 Å². The number of nitrogens with two attached hydrogens (primary N) is 1. The van der Waals surface area contributed by atoms with Crippen LogP contribution in [0.2, 0.25) is 0 Å². The highest BCUT2D eigenvalue weighted by Gasteiger charge is 2.38. The lowest BCUT2D eigenvalue weighted by Crippen LogP contribution is -2.47. The van der Waals surface area contributed by atoms with Gasteiger partial charge in [-0.15, -0.1) is 0 Å². The average molecular weight is 276 g/mol. The van der Waals surface area contributed by atoms with E-state index in [0.29, 0.717) is 5.92 Å². The molecule has 1 saturated carbocycles. The lowest BCUT2D eigenvalue weighted by molar-refractivity contribution is 0.156. The van der Waals surface area contributed by atoms with Gasteiger partial charge in [0.15, 0.2) is 0 Å². The summed E-state index contributed by atoms with van der Waals surface area (Å²) in [7, 11) is 2.13. The number of hydrogen-bond acceptors (Lipinski definition) is 3. The van der Waals surface area contributed by atoms with Gasteiger partial charge in [0, 0.05) is 24.8 Å². The number of aryl methyl sites for hydroxylation is 1. The maximum absolute atomic E-state index is 9.50. The van der Waals surface area contributed by atoms with Crippen LogP contribution in [0.1, 0.15) is 38.2 Å². The molecule has 0 saturated heterocycles. The molecular weight excluding hydrogens is 248 g/mol. The van der Waals surface area contributed by atoms with E-state index in [0.717, 1.165) is 38.6 Å². The molecule has 0 heterocycles. The predicted octanol–water partition coefficient (Wildman–Crippen LogP) is 2.57. The fourth-order valence-corrected chi connectivity index (χ4v) is 3.27. The maximum atomic E-state index is 9.50. The van der Waals surface area contributed by atoms with Crippen LogP contribution in [-0.4, -0.2) is 30.8 Å². The molecule has 3 heteroatoms. The molecule has 20 heavy (non-hydrogen) atoms. The van der Waals surface area contributed by atoms with Crippen LogP contribution in [-0.2, 0) is 6.42 Å². The Morgan fingerprint density at radius 2 is 2.05 bits per heavy atom. The van der Waals surface area contributed by atoms with Crippen LogP contribution < -0.4 is 10.6 Å². The van der Waals surface area contributed by atoms with Gasteiger partial charge in [-0.1, -0.05) is 25.5 Å². The molecule has 0 bridgehead atoms. The van der Waals surface area contributed by atoms with Crippen LogP contribution >= 0.6 is 0 Å². The Kier molecular flexibility index (Phi) is 5.06. The fourth-order valence-electron chi connectivity index (χ4n) is 3.27. The lowest BCUT2D eigenvalue weighted by Gasteiger charge is -2.31. The zero-order valence-corrected chi connectivity index (χ0v) is 12.8. The van der Waals surface area contributed by atoms with Gasteiger partial charge in [0.2, 0.25) is 0 Å². The highest BCUT2D eigenvalue weighted by molar-refractivity contribution is 5.46. The Morgan fingerprint density at radius 1 is 1.35 bits per heavy atom. The van der Waals surface area contributed by atoms with Crippen LogP contribution in [0.4, 0.5) is 5.69 Å². The molecule has 2 rings (SSSR count). The monoisotopic (exact) mass is 276 g/mol. The molecule has 3 N–H and O–H groups in total. The summed E-state index contributed by atoms with van der Waals surface area (Å²) in [6.45, 7) is 3.29. The summed E-state index contributed by atoms with van der Waals surface area (Å²) in [6.07, 6.45) is 5.40. The highest BCUT2D eigenvalue weighted by atomic mass is 16.3. The second-order valence-corrected chi connectivity index (χ2v) is 6.21. The van der Waals surface area contributed by atoms with E-state index in [1.165, 1.54) is 11.3 Å². The molecule has 1 fully saturated rings. The van der Waals surface area contributed by atoms with E-state index in [4.69, 9.17) is 5.73 Å². The SMILES string of the molecule is CCc1ccc(N(C)CCC2CCCC2(N)CO)cc1. The van der Waals surface area contributed by atoms with Crippen molar-refractivity contribution in [2.75, 3.05) is 25.1 Å². The topological polar surface area (TPSA) is 49.5 Å². The van der Waals surface area contributed by atoms with E-state index < -0.39 is 0 Å². The molecule has 0 radical (unpaired) electrons. The minimum Gasteiger partial charge on any atom is -0.394 e. The quantitative estimate of drug-likeness (QED) is 0.839. The largest absolute Gasteiger partial charge is 0.394 e. The molecule has 1 aliphatic rings. The lowest BCUT2D eigenvalue weighted by atomic mass is 9.86. The summed E-state index contributed by atoms with van der Waals surface area (Å²) in [4.78, 5) is 2.29. The number of hydrogen-bond donors (Lipinski definition) is 2. The van der Waals surface area contributed by atoms with Crippen molar-refractivity contribution in [1.29, 1.82) is 0 Å². The van der Waals surface area contributed by atoms with E-state index in [9.17, 15) is 5.11 Å². The first-order chi connectivity index (χ1) is 9.59. The second-order valence-electron chi connectivity index (χ2n) is 6.21. The smallest absolute Gasteiger partial charge is 0.0613 e. The van der Waals surface area contributed by atoms with Crippen LogP contribution in [0.5, 0.6) is 0 Å². The van der Waals surface area contributed by atoms with E-state index in [1.807, 2.05) is 0 Å². The Balaban J connectivity index is 1.89. The molecule has 0 spiro atoms. The fraction of sp³-hybridized carbons (Fsp3) is 0.647. The molecule has 2 unspecified atom stereocenters. The van der Waals surface area contributed by atoms with Gasteiger partial charge in [-0.3, -0.25) is 0 Å². The molecular formula is C17H28N2O. The first-order valence-electron chi connectivity index (χ1n) is 7.79. The molecule has 2 atom stereocenters. The summed E-state index contributed by atoms with van der Waals surface area (Å²) in [5.74, 6) is 0.449. The first kappa shape index (κ1) is 15.3. The van der Waals surface area contributed by atoms with E-state index in [-0.39, 0.29) is 12.1 Å². The van der Waals surface area contributed by atoms with E-state index >= 15 is 0 Å². The van der Waals surface area contributed by atoms with Crippen molar-refractivity contribution in [2.45, 2.75) is 44.6 Å². The normalized spacial score (nSPS) is 25.9. The molecule has 1 aliphatic carbocycles. The van der Waals surface area contributed by atoms with Crippen molar-refractivity contribution < 1.29 is 5.11 Å². The number of aliphatic hydroxyl groups excluding tert-OH is 1. The molecule has 3 nitrogen and oxygen atoms in total. The summed E-state index contributed by atoms with van der Waals surface area (Å²) in [5, 5.41) is 9.50. The number of benzene rings is 1. The second kappa shape index (κ2) is 6.59. The van der Waals surface area contributed by atoms with Gasteiger partial charge in [0.05, 0.1) is 6.61 Å². The summed E-state index contributed by atoms with van der Waals surface area (Å²) in [6, 6.07) is 8.77. The Hall–Kier alpha value is -1.06. The van der Waals surface area contributed by atoms with Gasteiger partial charge in [-0.05, 0) is 49.3 Å². The zero-order chi connectivity index (χ0) is 14.6. The molecule has 0 amide bonds. The van der Waals surface area contributed by atoms with E-state index in [2.05, 4.69) is 43.1 Å². The van der Waals surface area contributed by atoms with Gasteiger partial charge >= 0.3 is 0 Å². The van der Waals surface area contributed by atoms with Crippen LogP contribution in [0.3, 0.4) is 0 Å². The van der Waals surface area contributed by atoms with Gasteiger partial charge < -0.3 is 15.7 Å². The van der Waals surface area contributed by atoms with Crippen molar-refractivity contribution in [3.8, 4) is 0 Å². The zero-order valence-electron chi connectivity index (χ0n) is 12.8. The Morgan fingerprint density at radius 3 is 2.65 bits per heavy atom. The first-order valence-corrected chi connectivity index (χ1v) is 7.79. The van der Waals surface area contributed by atoms with Gasteiger partial charge in [0.1, 0.15) is 0 Å². The third-order valence-electron chi connectivity index (χ3n) is 4.90. The van der Waals surface area contributed by atoms with Gasteiger partial charge in [-0.25, -0.2) is 0 Å². The Labute approximate surface area is 122 Å².